The SMILES string of the molecule is O=C(N[C@@H](CC/C=C1/CCCC(c2nc(Cc3ccc4c(c3)OCO4)no2)CC1)c1ccccc1)C1CCC1. The molecule has 39 heavy (non-hydrogen) atoms. The van der Waals surface area contributed by atoms with Crippen molar-refractivity contribution >= 4 is 5.91 Å². The number of nitrogens with one attached hydrogen (secondary N) is 1. The van der Waals surface area contributed by atoms with Gasteiger partial charge in [-0.2, -0.15) is 4.98 Å². The van der Waals surface area contributed by atoms with Crippen LogP contribution in [0.2, 0.25) is 0 Å². The highest BCUT2D eigenvalue weighted by Crippen LogP contribution is 2.35. The lowest BCUT2D eigenvalue weighted by Crippen LogP contribution is -2.36. The fourth-order valence-electron chi connectivity index (χ4n) is 5.82. The average Bonchev–Trinajstić information content (AvgIpc) is 3.52. The van der Waals surface area contributed by atoms with Crippen molar-refractivity contribution in [3.05, 3.63) is 83.0 Å². The lowest BCUT2D eigenvalue weighted by atomic mass is 9.84. The number of rotatable bonds is 9. The summed E-state index contributed by atoms with van der Waals surface area (Å²) in [4.78, 5) is 17.4. The summed E-state index contributed by atoms with van der Waals surface area (Å²) in [6, 6.07) is 16.4. The molecule has 3 aliphatic rings. The Hall–Kier alpha value is -3.61. The first-order valence-corrected chi connectivity index (χ1v) is 14.5. The van der Waals surface area contributed by atoms with Crippen molar-refractivity contribution in [2.45, 2.75) is 82.6 Å². The number of hydrogen-bond acceptors (Lipinski definition) is 6. The number of nitrogens with zero attached hydrogens (tertiary/aromatic N) is 2. The summed E-state index contributed by atoms with van der Waals surface area (Å²) < 4.78 is 16.6. The second-order valence-electron chi connectivity index (χ2n) is 11.1. The van der Waals surface area contributed by atoms with Gasteiger partial charge in [0.2, 0.25) is 18.6 Å². The number of carbonyl (C=O) groups is 1. The molecule has 1 unspecified atom stereocenters. The lowest BCUT2D eigenvalue weighted by Gasteiger charge is -2.27. The summed E-state index contributed by atoms with van der Waals surface area (Å²) in [6.45, 7) is 0.272. The summed E-state index contributed by atoms with van der Waals surface area (Å²) >= 11 is 0. The van der Waals surface area contributed by atoms with E-state index in [1.54, 1.807) is 0 Å². The summed E-state index contributed by atoms with van der Waals surface area (Å²) in [5.74, 6) is 3.74. The Balaban J connectivity index is 1.02. The maximum absolute atomic E-state index is 12.7. The Morgan fingerprint density at radius 2 is 1.87 bits per heavy atom. The Kier molecular flexibility index (Phi) is 7.93. The molecule has 2 saturated carbocycles. The Morgan fingerprint density at radius 1 is 1.00 bits per heavy atom. The zero-order chi connectivity index (χ0) is 26.4. The Labute approximate surface area is 230 Å². The van der Waals surface area contributed by atoms with Gasteiger partial charge in [0, 0.05) is 18.3 Å². The zero-order valence-corrected chi connectivity index (χ0v) is 22.4. The molecule has 7 nitrogen and oxygen atoms in total. The van der Waals surface area contributed by atoms with E-state index in [4.69, 9.17) is 19.0 Å². The molecule has 7 heteroatoms. The maximum Gasteiger partial charge on any atom is 0.231 e. The monoisotopic (exact) mass is 527 g/mol. The van der Waals surface area contributed by atoms with Crippen molar-refractivity contribution in [3.63, 3.8) is 0 Å². The van der Waals surface area contributed by atoms with Crippen LogP contribution in [-0.4, -0.2) is 22.8 Å². The molecule has 1 amide bonds. The van der Waals surface area contributed by atoms with Gasteiger partial charge in [-0.15, -0.1) is 0 Å². The smallest absolute Gasteiger partial charge is 0.231 e. The van der Waals surface area contributed by atoms with Gasteiger partial charge in [0.05, 0.1) is 6.04 Å². The fraction of sp³-hybridized carbons (Fsp3) is 0.469. The molecule has 1 N–H and O–H groups in total. The number of ether oxygens (including phenoxy) is 2. The molecule has 2 aromatic carbocycles. The quantitative estimate of drug-likeness (QED) is 0.243. The Morgan fingerprint density at radius 3 is 2.72 bits per heavy atom. The van der Waals surface area contributed by atoms with Crippen molar-refractivity contribution in [3.8, 4) is 11.5 Å². The van der Waals surface area contributed by atoms with Crippen molar-refractivity contribution in [1.82, 2.24) is 15.5 Å². The first-order valence-electron chi connectivity index (χ1n) is 14.5. The number of allylic oxidation sites excluding steroid dienone is 2. The molecule has 0 saturated heterocycles. The molecule has 0 bridgehead atoms. The molecular weight excluding hydrogens is 490 g/mol. The molecule has 2 fully saturated rings. The van der Waals surface area contributed by atoms with E-state index < -0.39 is 0 Å². The predicted molar refractivity (Wildman–Crippen MR) is 147 cm³/mol. The Bertz CT molecular complexity index is 1300. The average molecular weight is 528 g/mol. The molecule has 2 aliphatic carbocycles. The minimum Gasteiger partial charge on any atom is -0.454 e. The maximum atomic E-state index is 12.7. The highest BCUT2D eigenvalue weighted by atomic mass is 16.7. The van der Waals surface area contributed by atoms with Crippen molar-refractivity contribution in [2.24, 2.45) is 5.92 Å². The van der Waals surface area contributed by atoms with Crippen LogP contribution < -0.4 is 14.8 Å². The lowest BCUT2D eigenvalue weighted by molar-refractivity contribution is -0.128. The molecule has 204 valence electrons. The highest BCUT2D eigenvalue weighted by molar-refractivity contribution is 5.79. The fourth-order valence-corrected chi connectivity index (χ4v) is 5.82. The van der Waals surface area contributed by atoms with Crippen molar-refractivity contribution in [1.29, 1.82) is 0 Å². The second-order valence-corrected chi connectivity index (χ2v) is 11.1. The third-order valence-corrected chi connectivity index (χ3v) is 8.38. The molecule has 2 atom stereocenters. The third kappa shape index (κ3) is 6.35. The van der Waals surface area contributed by atoms with Gasteiger partial charge in [0.25, 0.3) is 0 Å². The van der Waals surface area contributed by atoms with E-state index in [2.05, 4.69) is 40.8 Å². The van der Waals surface area contributed by atoms with Gasteiger partial charge < -0.3 is 19.3 Å². The van der Waals surface area contributed by atoms with Crippen LogP contribution >= 0.6 is 0 Å². The van der Waals surface area contributed by atoms with Crippen LogP contribution in [0.15, 0.2) is 64.7 Å². The van der Waals surface area contributed by atoms with Crippen LogP contribution in [0.25, 0.3) is 0 Å². The van der Waals surface area contributed by atoms with Crippen molar-refractivity contribution < 1.29 is 18.8 Å². The van der Waals surface area contributed by atoms with Crippen LogP contribution in [0.5, 0.6) is 11.5 Å². The molecule has 0 spiro atoms. The van der Waals surface area contributed by atoms with Gasteiger partial charge in [0.1, 0.15) is 0 Å². The summed E-state index contributed by atoms with van der Waals surface area (Å²) in [7, 11) is 0. The summed E-state index contributed by atoms with van der Waals surface area (Å²) in [5, 5.41) is 7.60. The minimum atomic E-state index is 0.0660. The zero-order valence-electron chi connectivity index (χ0n) is 22.4. The molecule has 1 aromatic heterocycles. The molecule has 2 heterocycles. The van der Waals surface area contributed by atoms with E-state index in [1.165, 1.54) is 17.6 Å². The number of fused-ring (bicyclic) bond motifs is 1. The van der Waals surface area contributed by atoms with Crippen molar-refractivity contribution in [2.75, 3.05) is 6.79 Å². The molecule has 1 aliphatic heterocycles. The van der Waals surface area contributed by atoms with E-state index in [0.717, 1.165) is 80.7 Å². The van der Waals surface area contributed by atoms with Gasteiger partial charge in [-0.1, -0.05) is 59.6 Å². The molecule has 3 aromatic rings. The van der Waals surface area contributed by atoms with E-state index in [0.29, 0.717) is 18.2 Å². The molecule has 6 rings (SSSR count). The predicted octanol–water partition coefficient (Wildman–Crippen LogP) is 6.80. The number of amides is 1. The number of hydrogen-bond donors (Lipinski definition) is 1. The molecular formula is C32H37N3O4. The first kappa shape index (κ1) is 25.7. The highest BCUT2D eigenvalue weighted by Gasteiger charge is 2.27. The second kappa shape index (κ2) is 12.1. The van der Waals surface area contributed by atoms with Crippen LogP contribution in [0.3, 0.4) is 0 Å². The molecule has 0 radical (unpaired) electrons. The largest absolute Gasteiger partial charge is 0.454 e. The summed E-state index contributed by atoms with van der Waals surface area (Å²) in [5.41, 5.74) is 3.78. The van der Waals surface area contributed by atoms with Gasteiger partial charge >= 0.3 is 0 Å². The summed E-state index contributed by atoms with van der Waals surface area (Å²) in [6.07, 6.45) is 13.5. The van der Waals surface area contributed by atoms with Crippen LogP contribution in [-0.2, 0) is 11.2 Å². The standard InChI is InChI=1S/C32H37N3O4/c36-31(25-11-6-12-25)33-27(24-9-2-1-3-10-24)14-5-8-22-7-4-13-26(17-15-22)32-34-30(35-39-32)20-23-16-18-28-29(19-23)38-21-37-28/h1-3,8-10,16,18-19,25-27H,4-7,11-15,17,20-21H2,(H,33,36)/b22-8-/t26?,27-/m0/s1. The van der Waals surface area contributed by atoms with Gasteiger partial charge in [-0.25, -0.2) is 0 Å². The number of benzene rings is 2. The first-order chi connectivity index (χ1) is 19.2. The normalized spacial score (nSPS) is 20.8. The van der Waals surface area contributed by atoms with E-state index in [9.17, 15) is 4.79 Å². The van der Waals surface area contributed by atoms with Gasteiger partial charge in [-0.3, -0.25) is 4.79 Å². The number of aromatic nitrogens is 2. The van der Waals surface area contributed by atoms with Gasteiger partial charge in [0.15, 0.2) is 17.3 Å². The van der Waals surface area contributed by atoms with Crippen LogP contribution in [0.4, 0.5) is 0 Å². The third-order valence-electron chi connectivity index (χ3n) is 8.38. The van der Waals surface area contributed by atoms with Gasteiger partial charge in [-0.05, 0) is 81.0 Å². The van der Waals surface area contributed by atoms with Crippen LogP contribution in [0.1, 0.15) is 99.0 Å². The van der Waals surface area contributed by atoms with Crippen LogP contribution in [0, 0.1) is 5.92 Å². The van der Waals surface area contributed by atoms with E-state index in [1.807, 2.05) is 24.3 Å². The van der Waals surface area contributed by atoms with E-state index >= 15 is 0 Å². The minimum absolute atomic E-state index is 0.0660. The van der Waals surface area contributed by atoms with E-state index in [-0.39, 0.29) is 24.7 Å². The number of carbonyl (C=O) groups excluding carboxylic acids is 1. The topological polar surface area (TPSA) is 86.5 Å².